The standard InChI is InChI=1S/C20H20F3NO3/c1-26-15-8-9-17-13(10-15)4-2-7-18(17)24-19(25)12-27-16-6-3-5-14(11-16)20(21,22)23/h3,5-6,8-11,18H,2,4,7,12H2,1H3,(H,24,25)/t18-/m0/s1. The van der Waals surface area contributed by atoms with Crippen LogP contribution < -0.4 is 14.8 Å². The van der Waals surface area contributed by atoms with Crippen LogP contribution in [-0.2, 0) is 17.4 Å². The molecule has 3 rings (SSSR count). The number of methoxy groups -OCH3 is 1. The molecule has 4 nitrogen and oxygen atoms in total. The van der Waals surface area contributed by atoms with Gasteiger partial charge in [-0.1, -0.05) is 12.1 Å². The molecule has 0 fully saturated rings. The third-order valence-electron chi connectivity index (χ3n) is 4.53. The molecule has 2 aromatic rings. The average Bonchev–Trinajstić information content (AvgIpc) is 2.65. The van der Waals surface area contributed by atoms with Crippen molar-refractivity contribution in [2.45, 2.75) is 31.5 Å². The molecule has 2 aromatic carbocycles. The number of rotatable bonds is 5. The van der Waals surface area contributed by atoms with E-state index in [1.807, 2.05) is 18.2 Å². The lowest BCUT2D eigenvalue weighted by molar-refractivity contribution is -0.137. The molecule has 0 aromatic heterocycles. The van der Waals surface area contributed by atoms with E-state index in [0.717, 1.165) is 48.3 Å². The number of halogens is 3. The van der Waals surface area contributed by atoms with Crippen molar-refractivity contribution in [1.82, 2.24) is 5.32 Å². The van der Waals surface area contributed by atoms with Crippen molar-refractivity contribution >= 4 is 5.91 Å². The fourth-order valence-corrected chi connectivity index (χ4v) is 3.21. The van der Waals surface area contributed by atoms with Crippen LogP contribution in [0.15, 0.2) is 42.5 Å². The van der Waals surface area contributed by atoms with Crippen LogP contribution in [0.5, 0.6) is 11.5 Å². The number of alkyl halides is 3. The lowest BCUT2D eigenvalue weighted by atomic mass is 9.87. The van der Waals surface area contributed by atoms with Crippen molar-refractivity contribution in [2.24, 2.45) is 0 Å². The van der Waals surface area contributed by atoms with E-state index in [1.165, 1.54) is 12.1 Å². The number of aryl methyl sites for hydroxylation is 1. The zero-order valence-electron chi connectivity index (χ0n) is 14.8. The molecule has 0 saturated carbocycles. The maximum absolute atomic E-state index is 12.7. The van der Waals surface area contributed by atoms with Crippen LogP contribution >= 0.6 is 0 Å². The zero-order valence-corrected chi connectivity index (χ0v) is 14.8. The van der Waals surface area contributed by atoms with Gasteiger partial charge in [-0.15, -0.1) is 0 Å². The van der Waals surface area contributed by atoms with Crippen molar-refractivity contribution in [3.8, 4) is 11.5 Å². The monoisotopic (exact) mass is 379 g/mol. The minimum atomic E-state index is -4.45. The van der Waals surface area contributed by atoms with Crippen LogP contribution in [-0.4, -0.2) is 19.6 Å². The molecule has 0 radical (unpaired) electrons. The Bertz CT molecular complexity index is 820. The second-order valence-electron chi connectivity index (χ2n) is 6.39. The molecule has 27 heavy (non-hydrogen) atoms. The maximum atomic E-state index is 12.7. The summed E-state index contributed by atoms with van der Waals surface area (Å²) in [6.07, 6.45) is -1.80. The number of amides is 1. The fourth-order valence-electron chi connectivity index (χ4n) is 3.21. The van der Waals surface area contributed by atoms with Gasteiger partial charge in [0.2, 0.25) is 0 Å². The Morgan fingerprint density at radius 3 is 2.74 bits per heavy atom. The summed E-state index contributed by atoms with van der Waals surface area (Å²) in [5, 5.41) is 2.90. The molecular weight excluding hydrogens is 359 g/mol. The second-order valence-corrected chi connectivity index (χ2v) is 6.39. The zero-order chi connectivity index (χ0) is 19.4. The molecule has 144 valence electrons. The van der Waals surface area contributed by atoms with E-state index < -0.39 is 11.7 Å². The first-order valence-corrected chi connectivity index (χ1v) is 8.63. The SMILES string of the molecule is COc1ccc2c(c1)CCC[C@@H]2NC(=O)COc1cccc(C(F)(F)F)c1. The molecule has 1 aliphatic carbocycles. The van der Waals surface area contributed by atoms with E-state index >= 15 is 0 Å². The third-order valence-corrected chi connectivity index (χ3v) is 4.53. The van der Waals surface area contributed by atoms with E-state index in [1.54, 1.807) is 7.11 Å². The average molecular weight is 379 g/mol. The molecule has 1 N–H and O–H groups in total. The Balaban J connectivity index is 1.61. The Labute approximate surface area is 155 Å². The number of benzene rings is 2. The number of carbonyl (C=O) groups is 1. The summed E-state index contributed by atoms with van der Waals surface area (Å²) in [6, 6.07) is 10.1. The predicted molar refractivity (Wildman–Crippen MR) is 93.8 cm³/mol. The van der Waals surface area contributed by atoms with Gasteiger partial charge >= 0.3 is 6.18 Å². The molecule has 0 aliphatic heterocycles. The predicted octanol–water partition coefficient (Wildman–Crippen LogP) is 4.29. The lowest BCUT2D eigenvalue weighted by Gasteiger charge is -2.26. The van der Waals surface area contributed by atoms with Gasteiger partial charge in [-0.05, 0) is 60.7 Å². The van der Waals surface area contributed by atoms with Gasteiger partial charge in [0.15, 0.2) is 6.61 Å². The van der Waals surface area contributed by atoms with Gasteiger partial charge in [-0.2, -0.15) is 13.2 Å². The van der Waals surface area contributed by atoms with Gasteiger partial charge in [-0.25, -0.2) is 0 Å². The Kier molecular flexibility index (Phi) is 5.58. The highest BCUT2D eigenvalue weighted by Gasteiger charge is 2.30. The maximum Gasteiger partial charge on any atom is 0.416 e. The molecule has 0 heterocycles. The highest BCUT2D eigenvalue weighted by molar-refractivity contribution is 5.78. The second kappa shape index (κ2) is 7.90. The molecule has 0 bridgehead atoms. The first-order chi connectivity index (χ1) is 12.9. The van der Waals surface area contributed by atoms with Crippen LogP contribution in [0, 0.1) is 0 Å². The topological polar surface area (TPSA) is 47.6 Å². The lowest BCUT2D eigenvalue weighted by Crippen LogP contribution is -2.34. The van der Waals surface area contributed by atoms with Crippen molar-refractivity contribution in [3.63, 3.8) is 0 Å². The van der Waals surface area contributed by atoms with Crippen molar-refractivity contribution < 1.29 is 27.4 Å². The summed E-state index contributed by atoms with van der Waals surface area (Å²) < 4.78 is 48.6. The minimum Gasteiger partial charge on any atom is -0.497 e. The van der Waals surface area contributed by atoms with Gasteiger partial charge in [0.1, 0.15) is 11.5 Å². The fraction of sp³-hybridized carbons (Fsp3) is 0.350. The number of hydrogen-bond donors (Lipinski definition) is 1. The summed E-state index contributed by atoms with van der Waals surface area (Å²) in [5.41, 5.74) is 1.36. The normalized spacial score (nSPS) is 16.4. The first kappa shape index (κ1) is 19.1. The first-order valence-electron chi connectivity index (χ1n) is 8.63. The summed E-state index contributed by atoms with van der Waals surface area (Å²) in [5.74, 6) is 0.406. The quantitative estimate of drug-likeness (QED) is 0.843. The van der Waals surface area contributed by atoms with E-state index in [0.29, 0.717) is 0 Å². The van der Waals surface area contributed by atoms with Crippen LogP contribution in [0.4, 0.5) is 13.2 Å². The van der Waals surface area contributed by atoms with Gasteiger partial charge in [-0.3, -0.25) is 4.79 Å². The van der Waals surface area contributed by atoms with Crippen molar-refractivity contribution in [1.29, 1.82) is 0 Å². The van der Waals surface area contributed by atoms with Gasteiger partial charge < -0.3 is 14.8 Å². The smallest absolute Gasteiger partial charge is 0.416 e. The van der Waals surface area contributed by atoms with Crippen molar-refractivity contribution in [3.05, 3.63) is 59.2 Å². The summed E-state index contributed by atoms with van der Waals surface area (Å²) >= 11 is 0. The molecule has 1 amide bonds. The van der Waals surface area contributed by atoms with Crippen LogP contribution in [0.2, 0.25) is 0 Å². The van der Waals surface area contributed by atoms with Gasteiger partial charge in [0, 0.05) is 0 Å². The Morgan fingerprint density at radius 2 is 2.00 bits per heavy atom. The van der Waals surface area contributed by atoms with E-state index in [9.17, 15) is 18.0 Å². The number of nitrogens with one attached hydrogen (secondary N) is 1. The Hall–Kier alpha value is -2.70. The molecule has 1 aliphatic rings. The van der Waals surface area contributed by atoms with E-state index in [-0.39, 0.29) is 24.3 Å². The number of fused-ring (bicyclic) bond motifs is 1. The summed E-state index contributed by atoms with van der Waals surface area (Å²) in [6.45, 7) is -0.344. The summed E-state index contributed by atoms with van der Waals surface area (Å²) in [7, 11) is 1.61. The van der Waals surface area contributed by atoms with Gasteiger partial charge in [0.25, 0.3) is 5.91 Å². The highest BCUT2D eigenvalue weighted by atomic mass is 19.4. The number of ether oxygens (including phenoxy) is 2. The molecular formula is C20H20F3NO3. The minimum absolute atomic E-state index is 0.00811. The molecule has 0 spiro atoms. The van der Waals surface area contributed by atoms with Crippen LogP contribution in [0.3, 0.4) is 0 Å². The molecule has 1 atom stereocenters. The third kappa shape index (κ3) is 4.72. The van der Waals surface area contributed by atoms with E-state index in [2.05, 4.69) is 5.32 Å². The molecule has 7 heteroatoms. The highest BCUT2D eigenvalue weighted by Crippen LogP contribution is 2.33. The molecule has 0 saturated heterocycles. The van der Waals surface area contributed by atoms with Crippen LogP contribution in [0.1, 0.15) is 35.6 Å². The van der Waals surface area contributed by atoms with E-state index in [4.69, 9.17) is 9.47 Å². The number of carbonyl (C=O) groups excluding carboxylic acids is 1. The summed E-state index contributed by atoms with van der Waals surface area (Å²) in [4.78, 5) is 12.2. The van der Waals surface area contributed by atoms with Crippen LogP contribution in [0.25, 0.3) is 0 Å². The van der Waals surface area contributed by atoms with Gasteiger partial charge in [0.05, 0.1) is 18.7 Å². The molecule has 0 unspecified atom stereocenters. The largest absolute Gasteiger partial charge is 0.497 e. The van der Waals surface area contributed by atoms with Crippen molar-refractivity contribution in [2.75, 3.05) is 13.7 Å². The number of hydrogen-bond acceptors (Lipinski definition) is 3. The Morgan fingerprint density at radius 1 is 1.19 bits per heavy atom.